The third-order valence-corrected chi connectivity index (χ3v) is 4.92. The van der Waals surface area contributed by atoms with E-state index < -0.39 is 6.04 Å². The number of allylic oxidation sites excluding steroid dienone is 2. The van der Waals surface area contributed by atoms with Crippen LogP contribution in [0.2, 0.25) is 0 Å². The number of anilines is 1. The molecule has 0 amide bonds. The lowest BCUT2D eigenvalue weighted by Crippen LogP contribution is -2.36. The maximum Gasteiger partial charge on any atom is 0.248 e. The molecule has 0 unspecified atom stereocenters. The zero-order valence-corrected chi connectivity index (χ0v) is 15.2. The summed E-state index contributed by atoms with van der Waals surface area (Å²) < 4.78 is 12.6. The largest absolute Gasteiger partial charge is 0.497 e. The van der Waals surface area contributed by atoms with E-state index in [-0.39, 0.29) is 11.2 Å². The van der Waals surface area contributed by atoms with E-state index in [1.807, 2.05) is 18.2 Å². The number of fused-ring (bicyclic) bond motifs is 1. The van der Waals surface area contributed by atoms with Crippen LogP contribution in [-0.4, -0.2) is 40.2 Å². The lowest BCUT2D eigenvalue weighted by molar-refractivity contribution is -0.118. The molecule has 8 nitrogen and oxygen atoms in total. The van der Waals surface area contributed by atoms with Crippen LogP contribution in [0.5, 0.6) is 11.5 Å². The van der Waals surface area contributed by atoms with Gasteiger partial charge in [0, 0.05) is 23.3 Å². The van der Waals surface area contributed by atoms with Crippen molar-refractivity contribution in [3.8, 4) is 11.5 Å². The summed E-state index contributed by atoms with van der Waals surface area (Å²) in [6, 6.07) is 5.07. The Morgan fingerprint density at radius 1 is 1.23 bits per heavy atom. The van der Waals surface area contributed by atoms with Gasteiger partial charge in [-0.25, -0.2) is 0 Å². The van der Waals surface area contributed by atoms with Crippen LogP contribution in [0.1, 0.15) is 38.3 Å². The minimum Gasteiger partial charge on any atom is -0.497 e. The maximum atomic E-state index is 13.1. The van der Waals surface area contributed by atoms with Crippen molar-refractivity contribution in [1.29, 1.82) is 0 Å². The van der Waals surface area contributed by atoms with Crippen molar-refractivity contribution in [2.45, 2.75) is 32.7 Å². The quantitative estimate of drug-likeness (QED) is 0.903. The molecule has 0 bridgehead atoms. The van der Waals surface area contributed by atoms with Crippen molar-refractivity contribution in [3.05, 3.63) is 35.0 Å². The molecule has 1 atom stereocenters. The van der Waals surface area contributed by atoms with Gasteiger partial charge in [-0.05, 0) is 40.5 Å². The van der Waals surface area contributed by atoms with E-state index in [2.05, 4.69) is 34.7 Å². The third kappa shape index (κ3) is 2.53. The van der Waals surface area contributed by atoms with Gasteiger partial charge >= 0.3 is 0 Å². The van der Waals surface area contributed by atoms with Crippen molar-refractivity contribution in [2.24, 2.45) is 5.41 Å². The number of nitrogens with one attached hydrogen (secondary N) is 1. The molecule has 1 aliphatic carbocycles. The summed E-state index contributed by atoms with van der Waals surface area (Å²) in [5.74, 6) is 1.95. The number of methoxy groups -OCH3 is 2. The van der Waals surface area contributed by atoms with Gasteiger partial charge in [-0.2, -0.15) is 4.68 Å². The number of ketones is 1. The van der Waals surface area contributed by atoms with E-state index in [0.29, 0.717) is 29.4 Å². The molecule has 0 fully saturated rings. The van der Waals surface area contributed by atoms with E-state index >= 15 is 0 Å². The molecule has 0 saturated heterocycles. The first-order valence-electron chi connectivity index (χ1n) is 8.46. The monoisotopic (exact) mass is 355 g/mol. The molecule has 1 aromatic carbocycles. The van der Waals surface area contributed by atoms with Crippen LogP contribution < -0.4 is 14.8 Å². The fourth-order valence-electron chi connectivity index (χ4n) is 3.81. The Kier molecular flexibility index (Phi) is 3.71. The first-order chi connectivity index (χ1) is 12.4. The standard InChI is InChI=1S/C18H21N5O3/c1-18(2)8-12-15(13(24)9-18)16(23-17(19-12)20-21-22-23)11-7-10(25-3)5-6-14(11)26-4/h5-7,16H,8-9H2,1-4H3,(H,19,20,22)/t16-/m1/s1. The molecular formula is C18H21N5O3. The number of hydrogen-bond acceptors (Lipinski definition) is 7. The van der Waals surface area contributed by atoms with Gasteiger partial charge in [0.15, 0.2) is 5.78 Å². The fourth-order valence-corrected chi connectivity index (χ4v) is 3.81. The van der Waals surface area contributed by atoms with Gasteiger partial charge in [0.05, 0.1) is 14.2 Å². The topological polar surface area (TPSA) is 91.2 Å². The number of Topliss-reactive ketones (excluding diaryl/α,β-unsaturated/α-hetero) is 1. The highest BCUT2D eigenvalue weighted by Crippen LogP contribution is 2.47. The fraction of sp³-hybridized carbons (Fsp3) is 0.444. The molecule has 0 spiro atoms. The Bertz CT molecular complexity index is 915. The van der Waals surface area contributed by atoms with Crippen LogP contribution in [0.25, 0.3) is 0 Å². The molecule has 2 aliphatic rings. The summed E-state index contributed by atoms with van der Waals surface area (Å²) in [4.78, 5) is 13.1. The number of ether oxygens (including phenoxy) is 2. The number of carbonyl (C=O) groups excluding carboxylic acids is 1. The van der Waals surface area contributed by atoms with Crippen LogP contribution >= 0.6 is 0 Å². The van der Waals surface area contributed by atoms with Gasteiger partial charge in [-0.3, -0.25) is 4.79 Å². The Labute approximate surface area is 151 Å². The second-order valence-electron chi connectivity index (χ2n) is 7.42. The highest BCUT2D eigenvalue weighted by atomic mass is 16.5. The van der Waals surface area contributed by atoms with Crippen molar-refractivity contribution in [2.75, 3.05) is 19.5 Å². The van der Waals surface area contributed by atoms with Gasteiger partial charge in [-0.15, -0.1) is 0 Å². The van der Waals surface area contributed by atoms with Crippen molar-refractivity contribution >= 4 is 11.7 Å². The molecule has 1 aliphatic heterocycles. The highest BCUT2D eigenvalue weighted by Gasteiger charge is 2.42. The number of benzene rings is 1. The predicted octanol–water partition coefficient (Wildman–Crippen LogP) is 2.35. The first-order valence-corrected chi connectivity index (χ1v) is 8.46. The van der Waals surface area contributed by atoms with E-state index in [0.717, 1.165) is 17.7 Å². The third-order valence-electron chi connectivity index (χ3n) is 4.92. The molecule has 1 aromatic heterocycles. The molecule has 26 heavy (non-hydrogen) atoms. The van der Waals surface area contributed by atoms with Crippen LogP contribution in [0.15, 0.2) is 29.5 Å². The number of aromatic nitrogens is 4. The number of nitrogens with zero attached hydrogens (tertiary/aromatic N) is 4. The van der Waals surface area contributed by atoms with Crippen LogP contribution in [0, 0.1) is 5.41 Å². The molecule has 136 valence electrons. The molecular weight excluding hydrogens is 334 g/mol. The number of hydrogen-bond donors (Lipinski definition) is 1. The Morgan fingerprint density at radius 2 is 2.04 bits per heavy atom. The highest BCUT2D eigenvalue weighted by molar-refractivity contribution is 6.00. The molecule has 0 saturated carbocycles. The average Bonchev–Trinajstić information content (AvgIpc) is 3.06. The minimum absolute atomic E-state index is 0.0970. The van der Waals surface area contributed by atoms with Crippen molar-refractivity contribution in [3.63, 3.8) is 0 Å². The summed E-state index contributed by atoms with van der Waals surface area (Å²) in [6.07, 6.45) is 1.23. The average molecular weight is 355 g/mol. The Hall–Kier alpha value is -2.90. The number of tetrazole rings is 1. The zero-order chi connectivity index (χ0) is 18.5. The molecule has 8 heteroatoms. The molecule has 0 radical (unpaired) electrons. The van der Waals surface area contributed by atoms with E-state index in [9.17, 15) is 4.79 Å². The maximum absolute atomic E-state index is 13.1. The van der Waals surface area contributed by atoms with Gasteiger partial charge in [0.1, 0.15) is 17.5 Å². The lowest BCUT2D eigenvalue weighted by atomic mass is 9.73. The summed E-state index contributed by atoms with van der Waals surface area (Å²) in [5.41, 5.74) is 2.25. The van der Waals surface area contributed by atoms with Gasteiger partial charge in [-0.1, -0.05) is 18.9 Å². The normalized spacial score (nSPS) is 20.9. The minimum atomic E-state index is -0.454. The van der Waals surface area contributed by atoms with E-state index in [4.69, 9.17) is 9.47 Å². The second kappa shape index (κ2) is 5.82. The molecule has 2 aromatic rings. The summed E-state index contributed by atoms with van der Waals surface area (Å²) in [5, 5.41) is 15.2. The lowest BCUT2D eigenvalue weighted by Gasteiger charge is -2.38. The van der Waals surface area contributed by atoms with Crippen LogP contribution in [0.3, 0.4) is 0 Å². The number of rotatable bonds is 3. The summed E-state index contributed by atoms with van der Waals surface area (Å²) in [7, 11) is 3.21. The van der Waals surface area contributed by atoms with E-state index in [1.165, 1.54) is 0 Å². The molecule has 4 rings (SSSR count). The second-order valence-corrected chi connectivity index (χ2v) is 7.42. The van der Waals surface area contributed by atoms with Gasteiger partial charge < -0.3 is 14.8 Å². The summed E-state index contributed by atoms with van der Waals surface area (Å²) >= 11 is 0. The van der Waals surface area contributed by atoms with Gasteiger partial charge in [0.25, 0.3) is 0 Å². The molecule has 1 N–H and O–H groups in total. The van der Waals surface area contributed by atoms with Crippen molar-refractivity contribution in [1.82, 2.24) is 20.2 Å². The van der Waals surface area contributed by atoms with Crippen LogP contribution in [-0.2, 0) is 4.79 Å². The SMILES string of the molecule is COc1ccc(OC)c([C@@H]2C3=C(CC(C)(C)CC3=O)Nc3nnnn32)c1. The van der Waals surface area contributed by atoms with E-state index in [1.54, 1.807) is 18.9 Å². The molecule has 2 heterocycles. The number of carbonyl (C=O) groups is 1. The zero-order valence-electron chi connectivity index (χ0n) is 15.2. The predicted molar refractivity (Wildman–Crippen MR) is 94.2 cm³/mol. The summed E-state index contributed by atoms with van der Waals surface area (Å²) in [6.45, 7) is 4.18. The Balaban J connectivity index is 1.94. The smallest absolute Gasteiger partial charge is 0.248 e. The first kappa shape index (κ1) is 16.6. The Morgan fingerprint density at radius 3 is 2.77 bits per heavy atom. The van der Waals surface area contributed by atoms with Crippen LogP contribution in [0.4, 0.5) is 5.95 Å². The van der Waals surface area contributed by atoms with Crippen molar-refractivity contribution < 1.29 is 14.3 Å². The van der Waals surface area contributed by atoms with Gasteiger partial charge in [0.2, 0.25) is 5.95 Å².